The normalized spacial score (nSPS) is 23.6. The van der Waals surface area contributed by atoms with Crippen molar-refractivity contribution in [3.05, 3.63) is 34.5 Å². The van der Waals surface area contributed by atoms with Crippen molar-refractivity contribution in [2.24, 2.45) is 0 Å². The molecule has 0 spiro atoms. The van der Waals surface area contributed by atoms with Crippen molar-refractivity contribution in [3.63, 3.8) is 0 Å². The van der Waals surface area contributed by atoms with Gasteiger partial charge in [-0.15, -0.1) is 0 Å². The molecule has 1 aliphatic rings. The molecular formula is C21H20O14V. The number of phenols is 4. The molecule has 1 fully saturated rings. The summed E-state index contributed by atoms with van der Waals surface area (Å²) in [5, 5.41) is 89.6. The Morgan fingerprint density at radius 1 is 0.861 bits per heavy atom. The Morgan fingerprint density at radius 2 is 1.47 bits per heavy atom. The van der Waals surface area contributed by atoms with E-state index in [1.54, 1.807) is 0 Å². The second-order valence-electron chi connectivity index (χ2n) is 7.55. The first-order valence-electron chi connectivity index (χ1n) is 9.98. The van der Waals surface area contributed by atoms with Gasteiger partial charge in [-0.3, -0.25) is 4.79 Å². The van der Waals surface area contributed by atoms with Crippen LogP contribution in [-0.2, 0) is 25.8 Å². The van der Waals surface area contributed by atoms with Gasteiger partial charge in [0.15, 0.2) is 11.3 Å². The molecular weight excluding hydrogens is 527 g/mol. The maximum absolute atomic E-state index is 13.0. The number of ether oxygens (including phenoxy) is 2. The Morgan fingerprint density at radius 3 is 2.06 bits per heavy atom. The first-order valence-corrected chi connectivity index (χ1v) is 10.5. The molecule has 0 amide bonds. The van der Waals surface area contributed by atoms with E-state index in [1.807, 2.05) is 0 Å². The molecule has 2 heterocycles. The van der Waals surface area contributed by atoms with E-state index in [0.29, 0.717) is 0 Å². The molecule has 14 nitrogen and oxygen atoms in total. The fourth-order valence-electron chi connectivity index (χ4n) is 3.62. The van der Waals surface area contributed by atoms with Crippen LogP contribution in [0.3, 0.4) is 0 Å². The summed E-state index contributed by atoms with van der Waals surface area (Å²) in [5.74, 6) is -5.40. The Hall–Kier alpha value is -3.37. The van der Waals surface area contributed by atoms with Crippen LogP contribution in [0, 0.1) is 0 Å². The van der Waals surface area contributed by atoms with Gasteiger partial charge < -0.3 is 59.8 Å². The number of fused-ring (bicyclic) bond motifs is 1. The van der Waals surface area contributed by atoms with Crippen LogP contribution in [-0.4, -0.2) is 83.3 Å². The van der Waals surface area contributed by atoms with Crippen molar-refractivity contribution in [1.29, 1.82) is 0 Å². The van der Waals surface area contributed by atoms with Gasteiger partial charge in [-0.2, -0.15) is 0 Å². The third-order valence-corrected chi connectivity index (χ3v) is 5.44. The first kappa shape index (κ1) is 27.2. The van der Waals surface area contributed by atoms with Crippen molar-refractivity contribution in [1.82, 2.24) is 0 Å². The molecule has 1 aliphatic heterocycles. The molecule has 3 unspecified atom stereocenters. The molecule has 193 valence electrons. The molecule has 0 saturated carbocycles. The molecule has 0 bridgehead atoms. The molecule has 1 saturated heterocycles. The molecule has 36 heavy (non-hydrogen) atoms. The number of aromatic hydroxyl groups is 5. The molecule has 9 N–H and O–H groups in total. The number of phenolic OH excluding ortho intramolecular Hbond substituents is 4. The van der Waals surface area contributed by atoms with E-state index in [2.05, 4.69) is 0 Å². The fourth-order valence-corrected chi connectivity index (χ4v) is 3.62. The summed E-state index contributed by atoms with van der Waals surface area (Å²) in [6.45, 7) is -0.783. The second kappa shape index (κ2) is 10.7. The Bertz CT molecular complexity index is 1310. The molecule has 3 aromatic rings. The van der Waals surface area contributed by atoms with E-state index in [-0.39, 0.29) is 11.3 Å². The summed E-state index contributed by atoms with van der Waals surface area (Å²) in [6.07, 6.45) is -8.71. The van der Waals surface area contributed by atoms with Gasteiger partial charge in [0.05, 0.1) is 6.61 Å². The van der Waals surface area contributed by atoms with Crippen LogP contribution in [0.4, 0.5) is 0 Å². The standard InChI is InChI=1S/C21H20O13.O.V/c22-5-8-11(24)14(27)16(29)21(32-8)34-19-15(28)13(26)10-12(25)9(6-1-3-7(23)4-2-6)20(31)33-18(10)17(19)30;;/h1-4,8,11,14,16,21-24,26-31H,5H2;;/t8?,11-,14?,16?,21+;;/m1../s1. The van der Waals surface area contributed by atoms with Gasteiger partial charge in [0.2, 0.25) is 29.0 Å². The van der Waals surface area contributed by atoms with Gasteiger partial charge in [0, 0.05) is 0 Å². The van der Waals surface area contributed by atoms with Crippen LogP contribution in [0.5, 0.6) is 34.7 Å². The van der Waals surface area contributed by atoms with Crippen molar-refractivity contribution in [3.8, 4) is 45.8 Å². The van der Waals surface area contributed by atoms with Crippen molar-refractivity contribution in [2.75, 3.05) is 6.61 Å². The molecule has 15 heteroatoms. The first-order chi connectivity index (χ1) is 17.1. The quantitative estimate of drug-likeness (QED) is 0.141. The topological polar surface area (TPSA) is 248 Å². The van der Waals surface area contributed by atoms with E-state index in [4.69, 9.17) is 17.6 Å². The molecule has 1 aromatic heterocycles. The molecule has 5 atom stereocenters. The van der Waals surface area contributed by atoms with Crippen molar-refractivity contribution < 1.29 is 80.9 Å². The average Bonchev–Trinajstić information content (AvgIpc) is 2.87. The van der Waals surface area contributed by atoms with E-state index < -0.39 is 88.2 Å². The molecule has 0 radical (unpaired) electrons. The van der Waals surface area contributed by atoms with E-state index >= 15 is 0 Å². The Labute approximate surface area is 209 Å². The Balaban J connectivity index is 0.00000176. The third-order valence-electron chi connectivity index (χ3n) is 5.44. The zero-order valence-electron chi connectivity index (χ0n) is 17.9. The SMILES string of the molecule is O=c1c(-c2ccc(O)cc2)c(O)oc2c(O)c(O[C@@H]3OC(CO)[C@@H](O)C(O)C3O)c(O)c(O)c12.[O]=[V]. The minimum atomic E-state index is -1.92. The van der Waals surface area contributed by atoms with Crippen LogP contribution >= 0.6 is 0 Å². The summed E-state index contributed by atoms with van der Waals surface area (Å²) in [4.78, 5) is 13.0. The van der Waals surface area contributed by atoms with Gasteiger partial charge in [-0.25, -0.2) is 0 Å². The number of rotatable bonds is 4. The van der Waals surface area contributed by atoms with Gasteiger partial charge >= 0.3 is 21.0 Å². The van der Waals surface area contributed by atoms with Crippen molar-refractivity contribution >= 4 is 11.0 Å². The monoisotopic (exact) mass is 547 g/mol. The van der Waals surface area contributed by atoms with Crippen LogP contribution in [0.1, 0.15) is 0 Å². The number of benzene rings is 2. The number of aliphatic hydroxyl groups is 4. The maximum atomic E-state index is 13.0. The van der Waals surface area contributed by atoms with Crippen LogP contribution in [0.2, 0.25) is 0 Å². The number of hydrogen-bond acceptors (Lipinski definition) is 14. The third kappa shape index (κ3) is 4.58. The van der Waals surface area contributed by atoms with Gasteiger partial charge in [0.25, 0.3) is 5.95 Å². The summed E-state index contributed by atoms with van der Waals surface area (Å²) < 4.78 is 23.6. The van der Waals surface area contributed by atoms with E-state index in [9.17, 15) is 50.8 Å². The summed E-state index contributed by atoms with van der Waals surface area (Å²) >= 11 is 1.06. The zero-order chi connectivity index (χ0) is 26.9. The van der Waals surface area contributed by atoms with Gasteiger partial charge in [-0.05, 0) is 17.7 Å². The van der Waals surface area contributed by atoms with Crippen LogP contribution in [0.25, 0.3) is 22.1 Å². The molecule has 2 aromatic carbocycles. The number of hydrogen-bond donors (Lipinski definition) is 9. The van der Waals surface area contributed by atoms with Gasteiger partial charge in [0.1, 0.15) is 41.1 Å². The number of aliphatic hydroxyl groups excluding tert-OH is 4. The minimum absolute atomic E-state index is 0.0889. The summed E-state index contributed by atoms with van der Waals surface area (Å²) in [7, 11) is 0. The average molecular weight is 547 g/mol. The van der Waals surface area contributed by atoms with E-state index in [1.165, 1.54) is 24.3 Å². The Kier molecular flexibility index (Phi) is 8.10. The summed E-state index contributed by atoms with van der Waals surface area (Å²) in [5.41, 5.74) is -2.19. The zero-order valence-corrected chi connectivity index (χ0v) is 19.3. The summed E-state index contributed by atoms with van der Waals surface area (Å²) in [6, 6.07) is 5.01. The van der Waals surface area contributed by atoms with Gasteiger partial charge in [-0.1, -0.05) is 12.1 Å². The molecule has 0 aliphatic carbocycles. The predicted molar refractivity (Wildman–Crippen MR) is 111 cm³/mol. The second-order valence-corrected chi connectivity index (χ2v) is 7.55. The van der Waals surface area contributed by atoms with E-state index in [0.717, 1.165) is 17.4 Å². The van der Waals surface area contributed by atoms with Crippen LogP contribution in [0.15, 0.2) is 33.5 Å². The predicted octanol–water partition coefficient (Wildman–Crippen LogP) is -0.955. The molecule has 4 rings (SSSR count). The van der Waals surface area contributed by atoms with Crippen molar-refractivity contribution in [2.45, 2.75) is 30.7 Å². The fraction of sp³-hybridized carbons (Fsp3) is 0.286. The van der Waals surface area contributed by atoms with Crippen LogP contribution < -0.4 is 10.2 Å².